The maximum Gasteiger partial charge on any atom is 0.319 e. The Morgan fingerprint density at radius 2 is 2.07 bits per heavy atom. The first-order valence-electron chi connectivity index (χ1n) is 5.16. The van der Waals surface area contributed by atoms with Crippen LogP contribution < -0.4 is 5.73 Å². The van der Waals surface area contributed by atoms with Gasteiger partial charge >= 0.3 is 6.03 Å². The highest BCUT2D eigenvalue weighted by atomic mass is 16.2. The van der Waals surface area contributed by atoms with Crippen LogP contribution in [-0.4, -0.2) is 49.1 Å². The monoisotopic (exact) mass is 199 g/mol. The number of likely N-dealkylation sites (N-methyl/N-ethyl adjacent to an activating group) is 1. The fraction of sp³-hybridized carbons (Fsp3) is 0.900. The number of rotatable bonds is 4. The Balaban J connectivity index is 2.36. The molecular weight excluding hydrogens is 178 g/mol. The van der Waals surface area contributed by atoms with Gasteiger partial charge in [0.25, 0.3) is 0 Å². The largest absolute Gasteiger partial charge is 0.330 e. The van der Waals surface area contributed by atoms with E-state index in [4.69, 9.17) is 5.73 Å². The summed E-state index contributed by atoms with van der Waals surface area (Å²) in [7, 11) is 1.84. The SMILES string of the molecule is CN1CCN(CCC(C)(C)CN)C1=O. The van der Waals surface area contributed by atoms with E-state index in [9.17, 15) is 4.79 Å². The van der Waals surface area contributed by atoms with Gasteiger partial charge in [-0.15, -0.1) is 0 Å². The van der Waals surface area contributed by atoms with Crippen molar-refractivity contribution < 1.29 is 4.79 Å². The molecule has 0 aromatic rings. The molecule has 1 fully saturated rings. The van der Waals surface area contributed by atoms with Crippen molar-refractivity contribution in [2.75, 3.05) is 33.2 Å². The van der Waals surface area contributed by atoms with Crippen LogP contribution in [0.5, 0.6) is 0 Å². The summed E-state index contributed by atoms with van der Waals surface area (Å²) in [5, 5.41) is 0. The maximum absolute atomic E-state index is 11.5. The van der Waals surface area contributed by atoms with Gasteiger partial charge in [-0.3, -0.25) is 0 Å². The van der Waals surface area contributed by atoms with Gasteiger partial charge in [0.15, 0.2) is 0 Å². The highest BCUT2D eigenvalue weighted by molar-refractivity contribution is 5.76. The number of amides is 2. The third-order valence-electron chi connectivity index (χ3n) is 2.91. The topological polar surface area (TPSA) is 49.6 Å². The smallest absolute Gasteiger partial charge is 0.319 e. The fourth-order valence-electron chi connectivity index (χ4n) is 1.45. The van der Waals surface area contributed by atoms with Crippen LogP contribution in [0.3, 0.4) is 0 Å². The molecule has 0 aromatic heterocycles. The molecule has 1 heterocycles. The standard InChI is InChI=1S/C10H21N3O/c1-10(2,8-11)4-5-13-7-6-12(3)9(13)14/h4-8,11H2,1-3H3. The first kappa shape index (κ1) is 11.3. The molecule has 0 spiro atoms. The number of nitrogens with two attached hydrogens (primary N) is 1. The molecule has 14 heavy (non-hydrogen) atoms. The Labute approximate surface area is 86.0 Å². The summed E-state index contributed by atoms with van der Waals surface area (Å²) in [4.78, 5) is 15.2. The molecular formula is C10H21N3O. The Morgan fingerprint density at radius 1 is 1.43 bits per heavy atom. The van der Waals surface area contributed by atoms with Crippen molar-refractivity contribution in [2.45, 2.75) is 20.3 Å². The van der Waals surface area contributed by atoms with Crippen molar-refractivity contribution in [1.29, 1.82) is 0 Å². The first-order valence-corrected chi connectivity index (χ1v) is 5.16. The summed E-state index contributed by atoms with van der Waals surface area (Å²) in [6.07, 6.45) is 0.975. The van der Waals surface area contributed by atoms with Gasteiger partial charge in [-0.25, -0.2) is 4.79 Å². The Hall–Kier alpha value is -0.770. The van der Waals surface area contributed by atoms with Crippen LogP contribution >= 0.6 is 0 Å². The van der Waals surface area contributed by atoms with Crippen molar-refractivity contribution in [3.05, 3.63) is 0 Å². The lowest BCUT2D eigenvalue weighted by Gasteiger charge is -2.25. The zero-order valence-electron chi connectivity index (χ0n) is 9.42. The summed E-state index contributed by atoms with van der Waals surface area (Å²) < 4.78 is 0. The molecule has 4 heteroatoms. The molecule has 0 atom stereocenters. The van der Waals surface area contributed by atoms with Gasteiger partial charge in [0, 0.05) is 26.7 Å². The summed E-state index contributed by atoms with van der Waals surface area (Å²) in [6, 6.07) is 0.151. The van der Waals surface area contributed by atoms with Crippen LogP contribution in [0.1, 0.15) is 20.3 Å². The molecule has 0 bridgehead atoms. The van der Waals surface area contributed by atoms with Crippen molar-refractivity contribution in [2.24, 2.45) is 11.1 Å². The molecule has 2 amide bonds. The van der Waals surface area contributed by atoms with Crippen molar-refractivity contribution >= 4 is 6.03 Å². The maximum atomic E-state index is 11.5. The van der Waals surface area contributed by atoms with E-state index >= 15 is 0 Å². The molecule has 1 aliphatic heterocycles. The average Bonchev–Trinajstić information content (AvgIpc) is 2.45. The molecule has 0 aromatic carbocycles. The lowest BCUT2D eigenvalue weighted by atomic mass is 9.89. The molecule has 0 unspecified atom stereocenters. The van der Waals surface area contributed by atoms with Gasteiger partial charge < -0.3 is 15.5 Å². The van der Waals surface area contributed by atoms with Gasteiger partial charge in [-0.2, -0.15) is 0 Å². The lowest BCUT2D eigenvalue weighted by molar-refractivity contribution is 0.191. The zero-order chi connectivity index (χ0) is 10.8. The molecule has 1 aliphatic rings. The van der Waals surface area contributed by atoms with Crippen molar-refractivity contribution in [3.63, 3.8) is 0 Å². The molecule has 0 saturated carbocycles. The van der Waals surface area contributed by atoms with Gasteiger partial charge in [-0.1, -0.05) is 13.8 Å². The second-order valence-corrected chi connectivity index (χ2v) is 4.81. The molecule has 2 N–H and O–H groups in total. The van der Waals surface area contributed by atoms with Crippen LogP contribution in [0.4, 0.5) is 4.79 Å². The minimum atomic E-state index is 0.140. The number of carbonyl (C=O) groups is 1. The number of hydrogen-bond donors (Lipinski definition) is 1. The van der Waals surface area contributed by atoms with Crippen LogP contribution in [0, 0.1) is 5.41 Å². The average molecular weight is 199 g/mol. The first-order chi connectivity index (χ1) is 6.46. The number of nitrogens with zero attached hydrogens (tertiary/aromatic N) is 2. The van der Waals surface area contributed by atoms with E-state index in [2.05, 4.69) is 13.8 Å². The summed E-state index contributed by atoms with van der Waals surface area (Å²) in [5.41, 5.74) is 5.78. The van der Waals surface area contributed by atoms with E-state index in [1.807, 2.05) is 11.9 Å². The van der Waals surface area contributed by atoms with Gasteiger partial charge in [0.1, 0.15) is 0 Å². The van der Waals surface area contributed by atoms with Crippen LogP contribution in [0.2, 0.25) is 0 Å². The van der Waals surface area contributed by atoms with E-state index < -0.39 is 0 Å². The van der Waals surface area contributed by atoms with Crippen molar-refractivity contribution in [3.8, 4) is 0 Å². The predicted octanol–water partition coefficient (Wildman–Crippen LogP) is 0.729. The van der Waals surface area contributed by atoms with E-state index in [0.717, 1.165) is 26.1 Å². The van der Waals surface area contributed by atoms with Crippen LogP contribution in [0.25, 0.3) is 0 Å². The molecule has 0 aliphatic carbocycles. The van der Waals surface area contributed by atoms with E-state index in [0.29, 0.717) is 6.54 Å². The molecule has 4 nitrogen and oxygen atoms in total. The van der Waals surface area contributed by atoms with E-state index in [1.165, 1.54) is 0 Å². The third kappa shape index (κ3) is 2.61. The fourth-order valence-corrected chi connectivity index (χ4v) is 1.45. The predicted molar refractivity (Wildman–Crippen MR) is 57.1 cm³/mol. The van der Waals surface area contributed by atoms with Crippen molar-refractivity contribution in [1.82, 2.24) is 9.80 Å². The van der Waals surface area contributed by atoms with Gasteiger partial charge in [-0.05, 0) is 18.4 Å². The molecule has 82 valence electrons. The molecule has 0 radical (unpaired) electrons. The Kier molecular flexibility index (Phi) is 3.37. The number of carbonyl (C=O) groups excluding carboxylic acids is 1. The number of urea groups is 1. The van der Waals surface area contributed by atoms with E-state index in [-0.39, 0.29) is 11.4 Å². The molecule has 1 saturated heterocycles. The second-order valence-electron chi connectivity index (χ2n) is 4.81. The lowest BCUT2D eigenvalue weighted by Crippen LogP contribution is -2.34. The Morgan fingerprint density at radius 3 is 2.50 bits per heavy atom. The quantitative estimate of drug-likeness (QED) is 0.725. The third-order valence-corrected chi connectivity index (χ3v) is 2.91. The van der Waals surface area contributed by atoms with Gasteiger partial charge in [0.2, 0.25) is 0 Å². The summed E-state index contributed by atoms with van der Waals surface area (Å²) in [5.74, 6) is 0. The zero-order valence-corrected chi connectivity index (χ0v) is 9.42. The highest BCUT2D eigenvalue weighted by Crippen LogP contribution is 2.19. The number of hydrogen-bond acceptors (Lipinski definition) is 2. The van der Waals surface area contributed by atoms with Gasteiger partial charge in [0.05, 0.1) is 0 Å². The highest BCUT2D eigenvalue weighted by Gasteiger charge is 2.26. The van der Waals surface area contributed by atoms with E-state index in [1.54, 1.807) is 4.90 Å². The minimum absolute atomic E-state index is 0.140. The Bertz CT molecular complexity index is 215. The second kappa shape index (κ2) is 4.17. The summed E-state index contributed by atoms with van der Waals surface area (Å²) in [6.45, 7) is 7.48. The minimum Gasteiger partial charge on any atom is -0.330 e. The molecule has 1 rings (SSSR count). The van der Waals surface area contributed by atoms with Crippen LogP contribution in [0.15, 0.2) is 0 Å². The normalized spacial score (nSPS) is 18.1. The summed E-state index contributed by atoms with van der Waals surface area (Å²) >= 11 is 0. The van der Waals surface area contributed by atoms with Crippen LogP contribution in [-0.2, 0) is 0 Å².